The Labute approximate surface area is 81.8 Å². The maximum atomic E-state index is 5.47. The molecule has 0 aromatic heterocycles. The molecule has 13 heavy (non-hydrogen) atoms. The second-order valence-electron chi connectivity index (χ2n) is 4.09. The summed E-state index contributed by atoms with van der Waals surface area (Å²) in [6, 6.07) is 0. The van der Waals surface area contributed by atoms with E-state index in [1.54, 1.807) is 6.20 Å². The van der Waals surface area contributed by atoms with Gasteiger partial charge in [-0.25, -0.2) is 0 Å². The van der Waals surface area contributed by atoms with Crippen molar-refractivity contribution < 1.29 is 0 Å². The Hall–Kier alpha value is -0.500. The van der Waals surface area contributed by atoms with E-state index >= 15 is 0 Å². The van der Waals surface area contributed by atoms with Crippen LogP contribution in [0.15, 0.2) is 11.8 Å². The highest BCUT2D eigenvalue weighted by molar-refractivity contribution is 4.97. The minimum Gasteiger partial charge on any atom is -0.405 e. The molecule has 0 amide bonds. The number of hydrogen-bond acceptors (Lipinski definition) is 2. The van der Waals surface area contributed by atoms with Gasteiger partial charge in [0.1, 0.15) is 0 Å². The molecule has 0 saturated carbocycles. The molecule has 0 spiro atoms. The van der Waals surface area contributed by atoms with Gasteiger partial charge in [-0.3, -0.25) is 0 Å². The van der Waals surface area contributed by atoms with Crippen LogP contribution in [0.3, 0.4) is 0 Å². The van der Waals surface area contributed by atoms with Crippen LogP contribution in [-0.4, -0.2) is 24.5 Å². The van der Waals surface area contributed by atoms with Crippen LogP contribution in [0.1, 0.15) is 33.1 Å². The lowest BCUT2D eigenvalue weighted by Gasteiger charge is -2.31. The number of piperidine rings is 1. The zero-order valence-corrected chi connectivity index (χ0v) is 8.92. The molecular formula is C11H22N2. The lowest BCUT2D eigenvalue weighted by atomic mass is 9.91. The van der Waals surface area contributed by atoms with Crippen molar-refractivity contribution in [1.29, 1.82) is 0 Å². The third-order valence-corrected chi connectivity index (χ3v) is 3.05. The van der Waals surface area contributed by atoms with Crippen molar-refractivity contribution >= 4 is 0 Å². The minimum absolute atomic E-state index is 0.877. The van der Waals surface area contributed by atoms with Gasteiger partial charge in [0.05, 0.1) is 0 Å². The molecule has 0 atom stereocenters. The molecule has 0 aromatic rings. The topological polar surface area (TPSA) is 29.3 Å². The monoisotopic (exact) mass is 182 g/mol. The van der Waals surface area contributed by atoms with Gasteiger partial charge in [0.25, 0.3) is 0 Å². The first-order valence-corrected chi connectivity index (χ1v) is 5.36. The van der Waals surface area contributed by atoms with Crippen LogP contribution in [0.4, 0.5) is 0 Å². The first-order chi connectivity index (χ1) is 6.26. The summed E-state index contributed by atoms with van der Waals surface area (Å²) in [6.45, 7) is 8.13. The van der Waals surface area contributed by atoms with Crippen molar-refractivity contribution in [2.45, 2.75) is 33.1 Å². The highest BCUT2D eigenvalue weighted by Crippen LogP contribution is 2.23. The first-order valence-electron chi connectivity index (χ1n) is 5.36. The summed E-state index contributed by atoms with van der Waals surface area (Å²) in [5.41, 5.74) is 6.81. The van der Waals surface area contributed by atoms with Gasteiger partial charge in [0.15, 0.2) is 0 Å². The number of allylic oxidation sites excluding steroid dienone is 1. The SMILES string of the molecule is CCN1CCC(C/C(C)=C\N)CC1. The maximum absolute atomic E-state index is 5.47. The van der Waals surface area contributed by atoms with E-state index in [0.717, 1.165) is 5.92 Å². The summed E-state index contributed by atoms with van der Waals surface area (Å²) in [6.07, 6.45) is 5.65. The summed E-state index contributed by atoms with van der Waals surface area (Å²) < 4.78 is 0. The summed E-state index contributed by atoms with van der Waals surface area (Å²) in [7, 11) is 0. The average molecular weight is 182 g/mol. The fourth-order valence-electron chi connectivity index (χ4n) is 2.03. The Balaban J connectivity index is 2.25. The van der Waals surface area contributed by atoms with Crippen LogP contribution in [0, 0.1) is 5.92 Å². The van der Waals surface area contributed by atoms with Crippen molar-refractivity contribution in [1.82, 2.24) is 4.90 Å². The van der Waals surface area contributed by atoms with Gasteiger partial charge in [0, 0.05) is 0 Å². The smallest absolute Gasteiger partial charge is 0.00161 e. The van der Waals surface area contributed by atoms with Crippen molar-refractivity contribution in [2.75, 3.05) is 19.6 Å². The highest BCUT2D eigenvalue weighted by atomic mass is 15.1. The lowest BCUT2D eigenvalue weighted by molar-refractivity contribution is 0.192. The van der Waals surface area contributed by atoms with Gasteiger partial charge in [-0.05, 0) is 57.9 Å². The largest absolute Gasteiger partial charge is 0.405 e. The maximum Gasteiger partial charge on any atom is -0.00161 e. The average Bonchev–Trinajstić information content (AvgIpc) is 2.19. The number of nitrogens with zero attached hydrogens (tertiary/aromatic N) is 1. The molecule has 1 rings (SSSR count). The molecule has 1 aliphatic heterocycles. The Bertz CT molecular complexity index is 167. The Kier molecular flexibility index (Phi) is 4.29. The summed E-state index contributed by atoms with van der Waals surface area (Å²) in [5, 5.41) is 0. The van der Waals surface area contributed by atoms with Crippen LogP contribution in [0.25, 0.3) is 0 Å². The molecule has 0 unspecified atom stereocenters. The predicted molar refractivity (Wildman–Crippen MR) is 57.4 cm³/mol. The summed E-state index contributed by atoms with van der Waals surface area (Å²) in [5.74, 6) is 0.877. The quantitative estimate of drug-likeness (QED) is 0.723. The predicted octanol–water partition coefficient (Wildman–Crippen LogP) is 1.97. The number of hydrogen-bond donors (Lipinski definition) is 1. The second kappa shape index (κ2) is 5.28. The van der Waals surface area contributed by atoms with Crippen molar-refractivity contribution in [3.63, 3.8) is 0 Å². The fraction of sp³-hybridized carbons (Fsp3) is 0.818. The second-order valence-corrected chi connectivity index (χ2v) is 4.09. The van der Waals surface area contributed by atoms with Gasteiger partial charge in [-0.15, -0.1) is 0 Å². The molecule has 1 aliphatic rings. The van der Waals surface area contributed by atoms with Gasteiger partial charge < -0.3 is 10.6 Å². The Morgan fingerprint density at radius 3 is 2.54 bits per heavy atom. The van der Waals surface area contributed by atoms with Gasteiger partial charge in [0.2, 0.25) is 0 Å². The van der Waals surface area contributed by atoms with Crippen LogP contribution >= 0.6 is 0 Å². The zero-order valence-electron chi connectivity index (χ0n) is 8.92. The van der Waals surface area contributed by atoms with Gasteiger partial charge in [-0.1, -0.05) is 12.5 Å². The van der Waals surface area contributed by atoms with Crippen molar-refractivity contribution in [3.05, 3.63) is 11.8 Å². The van der Waals surface area contributed by atoms with Crippen LogP contribution in [0.5, 0.6) is 0 Å². The van der Waals surface area contributed by atoms with E-state index in [-0.39, 0.29) is 0 Å². The molecule has 1 heterocycles. The normalized spacial score (nSPS) is 22.2. The Morgan fingerprint density at radius 1 is 1.46 bits per heavy atom. The standard InChI is InChI=1S/C11H22N2/c1-3-13-6-4-11(5-7-13)8-10(2)9-12/h9,11H,3-8,12H2,1-2H3/b10-9-. The van der Waals surface area contributed by atoms with E-state index in [2.05, 4.69) is 18.7 Å². The van der Waals surface area contributed by atoms with E-state index in [1.807, 2.05) is 0 Å². The van der Waals surface area contributed by atoms with Crippen LogP contribution in [0.2, 0.25) is 0 Å². The molecule has 76 valence electrons. The highest BCUT2D eigenvalue weighted by Gasteiger charge is 2.17. The molecule has 1 saturated heterocycles. The Morgan fingerprint density at radius 2 is 2.08 bits per heavy atom. The number of rotatable bonds is 3. The van der Waals surface area contributed by atoms with E-state index in [9.17, 15) is 0 Å². The van der Waals surface area contributed by atoms with E-state index in [1.165, 1.54) is 44.5 Å². The van der Waals surface area contributed by atoms with Crippen molar-refractivity contribution in [3.8, 4) is 0 Å². The first kappa shape index (κ1) is 10.6. The summed E-state index contributed by atoms with van der Waals surface area (Å²) >= 11 is 0. The van der Waals surface area contributed by atoms with Gasteiger partial charge in [-0.2, -0.15) is 0 Å². The third kappa shape index (κ3) is 3.39. The molecule has 0 aromatic carbocycles. The van der Waals surface area contributed by atoms with Crippen molar-refractivity contribution in [2.24, 2.45) is 11.7 Å². The molecule has 2 N–H and O–H groups in total. The lowest BCUT2D eigenvalue weighted by Crippen LogP contribution is -2.33. The molecule has 0 radical (unpaired) electrons. The molecular weight excluding hydrogens is 160 g/mol. The molecule has 0 aliphatic carbocycles. The number of nitrogens with two attached hydrogens (primary N) is 1. The third-order valence-electron chi connectivity index (χ3n) is 3.05. The minimum atomic E-state index is 0.877. The van der Waals surface area contributed by atoms with Crippen LogP contribution in [-0.2, 0) is 0 Å². The summed E-state index contributed by atoms with van der Waals surface area (Å²) in [4.78, 5) is 2.53. The van der Waals surface area contributed by atoms with E-state index in [0.29, 0.717) is 0 Å². The van der Waals surface area contributed by atoms with E-state index in [4.69, 9.17) is 5.73 Å². The molecule has 0 bridgehead atoms. The molecule has 2 heteroatoms. The van der Waals surface area contributed by atoms with Gasteiger partial charge >= 0.3 is 0 Å². The molecule has 2 nitrogen and oxygen atoms in total. The van der Waals surface area contributed by atoms with Crippen LogP contribution < -0.4 is 5.73 Å². The molecule has 1 fully saturated rings. The number of likely N-dealkylation sites (tertiary alicyclic amines) is 1. The van der Waals surface area contributed by atoms with E-state index < -0.39 is 0 Å². The fourth-order valence-corrected chi connectivity index (χ4v) is 2.03. The zero-order chi connectivity index (χ0) is 9.68.